The number of allylic oxidation sites excluding steroid dienone is 1. The van der Waals surface area contributed by atoms with Crippen LogP contribution in [-0.4, -0.2) is 12.6 Å². The van der Waals surface area contributed by atoms with Crippen LogP contribution in [0.4, 0.5) is 0 Å². The van der Waals surface area contributed by atoms with E-state index in [0.717, 1.165) is 12.8 Å². The first-order valence-electron chi connectivity index (χ1n) is 4.88. The zero-order chi connectivity index (χ0) is 9.52. The number of carbonyl (C=O) groups excluding carboxylic acids is 1. The van der Waals surface area contributed by atoms with Gasteiger partial charge in [-0.1, -0.05) is 38.0 Å². The van der Waals surface area contributed by atoms with Crippen LogP contribution in [0.15, 0.2) is 23.8 Å². The molecule has 0 aromatic carbocycles. The predicted octanol–water partition coefficient (Wildman–Crippen LogP) is 2.61. The van der Waals surface area contributed by atoms with E-state index in [1.807, 2.05) is 18.2 Å². The largest absolute Gasteiger partial charge is 0.462 e. The summed E-state index contributed by atoms with van der Waals surface area (Å²) in [4.78, 5) is 11.1. The van der Waals surface area contributed by atoms with Gasteiger partial charge in [0.25, 0.3) is 0 Å². The van der Waals surface area contributed by atoms with Crippen LogP contribution in [0.2, 0.25) is 0 Å². The van der Waals surface area contributed by atoms with Crippen molar-refractivity contribution in [2.24, 2.45) is 0 Å². The first-order chi connectivity index (χ1) is 6.34. The highest BCUT2D eigenvalue weighted by Crippen LogP contribution is 2.09. The van der Waals surface area contributed by atoms with Gasteiger partial charge < -0.3 is 4.74 Å². The Morgan fingerprint density at radius 1 is 1.62 bits per heavy atom. The fraction of sp³-hybridized carbons (Fsp3) is 0.545. The molecule has 0 amide bonds. The molecule has 1 rings (SSSR count). The van der Waals surface area contributed by atoms with Gasteiger partial charge in [-0.3, -0.25) is 0 Å². The van der Waals surface area contributed by atoms with E-state index in [2.05, 4.69) is 6.92 Å². The minimum Gasteiger partial charge on any atom is -0.462 e. The summed E-state index contributed by atoms with van der Waals surface area (Å²) in [6.07, 6.45) is 10.1. The van der Waals surface area contributed by atoms with Crippen molar-refractivity contribution in [3.63, 3.8) is 0 Å². The smallest absolute Gasteiger partial charge is 0.337 e. The van der Waals surface area contributed by atoms with E-state index in [0.29, 0.717) is 12.2 Å². The van der Waals surface area contributed by atoms with Crippen molar-refractivity contribution >= 4 is 5.97 Å². The Morgan fingerprint density at radius 3 is 3.15 bits per heavy atom. The minimum absolute atomic E-state index is 0.181. The van der Waals surface area contributed by atoms with Gasteiger partial charge in [0.1, 0.15) is 0 Å². The summed E-state index contributed by atoms with van der Waals surface area (Å²) in [6.45, 7) is 2.69. The van der Waals surface area contributed by atoms with E-state index in [1.54, 1.807) is 0 Å². The lowest BCUT2D eigenvalue weighted by molar-refractivity contribution is -0.139. The van der Waals surface area contributed by atoms with Crippen LogP contribution < -0.4 is 0 Å². The molecule has 0 fully saturated rings. The Morgan fingerprint density at radius 2 is 2.46 bits per heavy atom. The van der Waals surface area contributed by atoms with E-state index in [1.165, 1.54) is 12.8 Å². The van der Waals surface area contributed by atoms with Crippen molar-refractivity contribution in [2.45, 2.75) is 32.6 Å². The van der Waals surface area contributed by atoms with Crippen LogP contribution in [0.3, 0.4) is 0 Å². The van der Waals surface area contributed by atoms with E-state index >= 15 is 0 Å². The molecule has 0 unspecified atom stereocenters. The molecule has 2 nitrogen and oxygen atoms in total. The topological polar surface area (TPSA) is 26.3 Å². The second-order valence-corrected chi connectivity index (χ2v) is 3.13. The highest BCUT2D eigenvalue weighted by atomic mass is 16.5. The maximum atomic E-state index is 11.1. The Kier molecular flexibility index (Phi) is 4.30. The Hall–Kier alpha value is -1.05. The molecule has 0 N–H and O–H groups in total. The molecule has 0 aliphatic carbocycles. The SMILES string of the molecule is CCCC/C=C\C1=CCCOC1=O. The number of rotatable bonds is 4. The molecule has 1 aliphatic heterocycles. The molecule has 0 atom stereocenters. The molecule has 0 bridgehead atoms. The number of cyclic esters (lactones) is 1. The number of hydrogen-bond donors (Lipinski definition) is 0. The highest BCUT2D eigenvalue weighted by molar-refractivity contribution is 5.92. The average Bonchev–Trinajstić information content (AvgIpc) is 2.15. The average molecular weight is 180 g/mol. The standard InChI is InChI=1S/C11H16O2/c1-2-3-4-5-7-10-8-6-9-13-11(10)12/h5,7-8H,2-4,6,9H2,1H3/b7-5-. The van der Waals surface area contributed by atoms with Gasteiger partial charge in [-0.05, 0) is 6.42 Å². The summed E-state index contributed by atoms with van der Waals surface area (Å²) in [5, 5.41) is 0. The third kappa shape index (κ3) is 3.45. The molecule has 0 aromatic rings. The summed E-state index contributed by atoms with van der Waals surface area (Å²) in [5.41, 5.74) is 0.711. The van der Waals surface area contributed by atoms with Gasteiger partial charge in [0.05, 0.1) is 12.2 Å². The van der Waals surface area contributed by atoms with Gasteiger partial charge in [-0.25, -0.2) is 4.79 Å². The number of unbranched alkanes of at least 4 members (excludes halogenated alkanes) is 2. The minimum atomic E-state index is -0.181. The molecular formula is C11H16O2. The summed E-state index contributed by atoms with van der Waals surface area (Å²) in [5.74, 6) is -0.181. The summed E-state index contributed by atoms with van der Waals surface area (Å²) in [6, 6.07) is 0. The van der Waals surface area contributed by atoms with Crippen LogP contribution >= 0.6 is 0 Å². The summed E-state index contributed by atoms with van der Waals surface area (Å²) >= 11 is 0. The molecule has 0 saturated heterocycles. The molecule has 0 saturated carbocycles. The molecule has 2 heteroatoms. The molecule has 0 radical (unpaired) electrons. The lowest BCUT2D eigenvalue weighted by Crippen LogP contribution is -2.12. The number of carbonyl (C=O) groups is 1. The molecule has 0 aromatic heterocycles. The molecule has 0 spiro atoms. The van der Waals surface area contributed by atoms with Gasteiger partial charge in [0.15, 0.2) is 0 Å². The lowest BCUT2D eigenvalue weighted by Gasteiger charge is -2.09. The Balaban J connectivity index is 2.38. The third-order valence-corrected chi connectivity index (χ3v) is 1.97. The van der Waals surface area contributed by atoms with Crippen molar-refractivity contribution in [2.75, 3.05) is 6.61 Å². The predicted molar refractivity (Wildman–Crippen MR) is 52.3 cm³/mol. The van der Waals surface area contributed by atoms with Gasteiger partial charge in [0, 0.05) is 6.42 Å². The monoisotopic (exact) mass is 180 g/mol. The number of ether oxygens (including phenoxy) is 1. The fourth-order valence-electron chi connectivity index (χ4n) is 1.20. The highest BCUT2D eigenvalue weighted by Gasteiger charge is 2.10. The van der Waals surface area contributed by atoms with E-state index in [4.69, 9.17) is 4.74 Å². The summed E-state index contributed by atoms with van der Waals surface area (Å²) in [7, 11) is 0. The first kappa shape index (κ1) is 10.0. The van der Waals surface area contributed by atoms with Crippen LogP contribution in [0.25, 0.3) is 0 Å². The van der Waals surface area contributed by atoms with Gasteiger partial charge in [-0.2, -0.15) is 0 Å². The summed E-state index contributed by atoms with van der Waals surface area (Å²) < 4.78 is 4.89. The molecule has 1 heterocycles. The van der Waals surface area contributed by atoms with Gasteiger partial charge >= 0.3 is 5.97 Å². The first-order valence-corrected chi connectivity index (χ1v) is 4.88. The second kappa shape index (κ2) is 5.57. The van der Waals surface area contributed by atoms with E-state index in [-0.39, 0.29) is 5.97 Å². The lowest BCUT2D eigenvalue weighted by atomic mass is 10.1. The Bertz CT molecular complexity index is 226. The van der Waals surface area contributed by atoms with E-state index < -0.39 is 0 Å². The van der Waals surface area contributed by atoms with Crippen molar-refractivity contribution in [1.29, 1.82) is 0 Å². The maximum Gasteiger partial charge on any atom is 0.337 e. The van der Waals surface area contributed by atoms with Crippen molar-refractivity contribution in [1.82, 2.24) is 0 Å². The third-order valence-electron chi connectivity index (χ3n) is 1.97. The molecular weight excluding hydrogens is 164 g/mol. The van der Waals surface area contributed by atoms with Crippen LogP contribution in [0.1, 0.15) is 32.6 Å². The van der Waals surface area contributed by atoms with Crippen LogP contribution in [0, 0.1) is 0 Å². The quantitative estimate of drug-likeness (QED) is 0.491. The number of hydrogen-bond acceptors (Lipinski definition) is 2. The van der Waals surface area contributed by atoms with Crippen molar-refractivity contribution in [3.8, 4) is 0 Å². The van der Waals surface area contributed by atoms with Crippen molar-refractivity contribution in [3.05, 3.63) is 23.8 Å². The van der Waals surface area contributed by atoms with Crippen molar-refractivity contribution < 1.29 is 9.53 Å². The second-order valence-electron chi connectivity index (χ2n) is 3.13. The van der Waals surface area contributed by atoms with Crippen LogP contribution in [-0.2, 0) is 9.53 Å². The zero-order valence-corrected chi connectivity index (χ0v) is 8.08. The van der Waals surface area contributed by atoms with Crippen LogP contribution in [0.5, 0.6) is 0 Å². The molecule has 13 heavy (non-hydrogen) atoms. The maximum absolute atomic E-state index is 11.1. The van der Waals surface area contributed by atoms with E-state index in [9.17, 15) is 4.79 Å². The van der Waals surface area contributed by atoms with Gasteiger partial charge in [-0.15, -0.1) is 0 Å². The fourth-order valence-corrected chi connectivity index (χ4v) is 1.20. The molecule has 1 aliphatic rings. The molecule has 72 valence electrons. The Labute approximate surface area is 79.3 Å². The normalized spacial score (nSPS) is 17.3. The zero-order valence-electron chi connectivity index (χ0n) is 8.08. The van der Waals surface area contributed by atoms with Gasteiger partial charge in [0.2, 0.25) is 0 Å². The number of esters is 1.